The third-order valence-electron chi connectivity index (χ3n) is 3.89. The molecule has 0 bridgehead atoms. The van der Waals surface area contributed by atoms with Crippen LogP contribution in [-0.4, -0.2) is 19.2 Å². The van der Waals surface area contributed by atoms with Crippen LogP contribution in [0.15, 0.2) is 54.6 Å². The summed E-state index contributed by atoms with van der Waals surface area (Å²) in [6.45, 7) is 3.25. The number of nitrogens with zero attached hydrogens (tertiary/aromatic N) is 1. The van der Waals surface area contributed by atoms with Gasteiger partial charge < -0.3 is 10.1 Å². The molecule has 114 valence electrons. The molecule has 1 saturated heterocycles. The van der Waals surface area contributed by atoms with Crippen LogP contribution in [-0.2, 0) is 4.74 Å². The second-order valence-corrected chi connectivity index (χ2v) is 5.33. The molecule has 1 aliphatic heterocycles. The first-order chi connectivity index (χ1) is 10.8. The monoisotopic (exact) mass is 296 g/mol. The van der Waals surface area contributed by atoms with Gasteiger partial charge in [0, 0.05) is 11.4 Å². The van der Waals surface area contributed by atoms with Crippen molar-refractivity contribution in [1.82, 2.24) is 0 Å². The van der Waals surface area contributed by atoms with Gasteiger partial charge in [-0.15, -0.1) is 0 Å². The standard InChI is InChI=1S/C18H20N2O2/c1-2-17(14-6-4-3-5-7-14)19-15-8-10-16(11-9-15)20-12-13-22-18(20)21/h3-11,17,19H,2,12-13H2,1H3/t17-/m1/s1. The highest BCUT2D eigenvalue weighted by Crippen LogP contribution is 2.25. The summed E-state index contributed by atoms with van der Waals surface area (Å²) in [5.74, 6) is 0. The molecular weight excluding hydrogens is 276 g/mol. The van der Waals surface area contributed by atoms with Gasteiger partial charge in [0.2, 0.25) is 0 Å². The summed E-state index contributed by atoms with van der Waals surface area (Å²) in [6, 6.07) is 18.6. The molecule has 22 heavy (non-hydrogen) atoms. The highest BCUT2D eigenvalue weighted by molar-refractivity contribution is 5.89. The minimum atomic E-state index is -0.267. The molecule has 0 aliphatic carbocycles. The maximum absolute atomic E-state index is 11.6. The number of amides is 1. The summed E-state index contributed by atoms with van der Waals surface area (Å²) in [5.41, 5.74) is 3.20. The molecule has 1 atom stereocenters. The zero-order valence-electron chi connectivity index (χ0n) is 12.7. The van der Waals surface area contributed by atoms with Crippen LogP contribution in [0.4, 0.5) is 16.2 Å². The molecule has 2 aromatic carbocycles. The van der Waals surface area contributed by atoms with Crippen molar-refractivity contribution >= 4 is 17.5 Å². The summed E-state index contributed by atoms with van der Waals surface area (Å²) in [5, 5.41) is 3.54. The zero-order valence-corrected chi connectivity index (χ0v) is 12.7. The number of cyclic esters (lactones) is 1. The molecule has 0 unspecified atom stereocenters. The largest absolute Gasteiger partial charge is 0.447 e. The van der Waals surface area contributed by atoms with E-state index in [1.807, 2.05) is 30.3 Å². The number of ether oxygens (including phenoxy) is 1. The number of hydrogen-bond acceptors (Lipinski definition) is 3. The van der Waals surface area contributed by atoms with Crippen LogP contribution in [0.2, 0.25) is 0 Å². The molecule has 4 heteroatoms. The minimum absolute atomic E-state index is 0.267. The Bertz CT molecular complexity index is 625. The maximum atomic E-state index is 11.6. The van der Waals surface area contributed by atoms with Crippen molar-refractivity contribution < 1.29 is 9.53 Å². The minimum Gasteiger partial charge on any atom is -0.447 e. The van der Waals surface area contributed by atoms with E-state index < -0.39 is 0 Å². The molecule has 4 nitrogen and oxygen atoms in total. The Hall–Kier alpha value is -2.49. The van der Waals surface area contributed by atoms with Crippen LogP contribution < -0.4 is 10.2 Å². The van der Waals surface area contributed by atoms with E-state index in [-0.39, 0.29) is 12.1 Å². The summed E-state index contributed by atoms with van der Waals surface area (Å²) < 4.78 is 4.96. The smallest absolute Gasteiger partial charge is 0.414 e. The van der Waals surface area contributed by atoms with Crippen molar-refractivity contribution in [2.24, 2.45) is 0 Å². The molecule has 1 fully saturated rings. The highest BCUT2D eigenvalue weighted by Gasteiger charge is 2.23. The van der Waals surface area contributed by atoms with Gasteiger partial charge in [-0.3, -0.25) is 4.90 Å². The van der Waals surface area contributed by atoms with Crippen molar-refractivity contribution in [3.05, 3.63) is 60.2 Å². The predicted molar refractivity (Wildman–Crippen MR) is 88.2 cm³/mol. The van der Waals surface area contributed by atoms with E-state index in [0.717, 1.165) is 17.8 Å². The van der Waals surface area contributed by atoms with Crippen molar-refractivity contribution in [1.29, 1.82) is 0 Å². The van der Waals surface area contributed by atoms with E-state index in [4.69, 9.17) is 4.74 Å². The molecular formula is C18H20N2O2. The quantitative estimate of drug-likeness (QED) is 0.898. The normalized spacial score (nSPS) is 15.5. The Labute approximate surface area is 130 Å². The number of rotatable bonds is 5. The maximum Gasteiger partial charge on any atom is 0.414 e. The fourth-order valence-corrected chi connectivity index (χ4v) is 2.67. The number of carbonyl (C=O) groups is 1. The van der Waals surface area contributed by atoms with Crippen molar-refractivity contribution in [2.75, 3.05) is 23.4 Å². The molecule has 2 aromatic rings. The van der Waals surface area contributed by atoms with Crippen molar-refractivity contribution in [3.63, 3.8) is 0 Å². The third-order valence-corrected chi connectivity index (χ3v) is 3.89. The third kappa shape index (κ3) is 3.06. The number of nitrogens with one attached hydrogen (secondary N) is 1. The van der Waals surface area contributed by atoms with Gasteiger partial charge in [-0.1, -0.05) is 37.3 Å². The number of carbonyl (C=O) groups excluding carboxylic acids is 1. The molecule has 0 radical (unpaired) electrons. The second-order valence-electron chi connectivity index (χ2n) is 5.33. The van der Waals surface area contributed by atoms with Gasteiger partial charge in [0.1, 0.15) is 6.61 Å². The van der Waals surface area contributed by atoms with E-state index in [1.165, 1.54) is 5.56 Å². The molecule has 1 amide bonds. The van der Waals surface area contributed by atoms with E-state index in [9.17, 15) is 4.79 Å². The Kier molecular flexibility index (Phi) is 4.28. The first kappa shape index (κ1) is 14.4. The van der Waals surface area contributed by atoms with Gasteiger partial charge in [-0.05, 0) is 36.2 Å². The molecule has 1 aliphatic rings. The van der Waals surface area contributed by atoms with Crippen LogP contribution in [0.5, 0.6) is 0 Å². The zero-order chi connectivity index (χ0) is 15.4. The molecule has 1 heterocycles. The Morgan fingerprint density at radius 2 is 1.86 bits per heavy atom. The Morgan fingerprint density at radius 1 is 1.14 bits per heavy atom. The number of hydrogen-bond donors (Lipinski definition) is 1. The Balaban J connectivity index is 1.71. The number of benzene rings is 2. The van der Waals surface area contributed by atoms with Crippen molar-refractivity contribution in [3.8, 4) is 0 Å². The summed E-state index contributed by atoms with van der Waals surface area (Å²) in [6.07, 6.45) is 0.737. The summed E-state index contributed by atoms with van der Waals surface area (Å²) in [4.78, 5) is 13.2. The van der Waals surface area contributed by atoms with Gasteiger partial charge >= 0.3 is 6.09 Å². The molecule has 0 saturated carbocycles. The van der Waals surface area contributed by atoms with E-state index in [1.54, 1.807) is 4.90 Å². The second kappa shape index (κ2) is 6.52. The van der Waals surface area contributed by atoms with E-state index >= 15 is 0 Å². The van der Waals surface area contributed by atoms with Gasteiger partial charge in [0.05, 0.1) is 12.6 Å². The first-order valence-electron chi connectivity index (χ1n) is 7.64. The highest BCUT2D eigenvalue weighted by atomic mass is 16.6. The summed E-state index contributed by atoms with van der Waals surface area (Å²) in [7, 11) is 0. The van der Waals surface area contributed by atoms with E-state index in [0.29, 0.717) is 13.2 Å². The summed E-state index contributed by atoms with van der Waals surface area (Å²) >= 11 is 0. The lowest BCUT2D eigenvalue weighted by Gasteiger charge is -2.20. The lowest BCUT2D eigenvalue weighted by atomic mass is 10.0. The predicted octanol–water partition coefficient (Wildman–Crippen LogP) is 4.21. The van der Waals surface area contributed by atoms with Crippen LogP contribution in [0.25, 0.3) is 0 Å². The van der Waals surface area contributed by atoms with E-state index in [2.05, 4.69) is 36.5 Å². The fraction of sp³-hybridized carbons (Fsp3) is 0.278. The SMILES string of the molecule is CC[C@@H](Nc1ccc(N2CCOC2=O)cc1)c1ccccc1. The molecule has 0 aromatic heterocycles. The van der Waals surface area contributed by atoms with Crippen LogP contribution in [0, 0.1) is 0 Å². The van der Waals surface area contributed by atoms with Crippen LogP contribution in [0.1, 0.15) is 24.9 Å². The topological polar surface area (TPSA) is 41.6 Å². The first-order valence-corrected chi connectivity index (χ1v) is 7.64. The van der Waals surface area contributed by atoms with Crippen LogP contribution in [0.3, 0.4) is 0 Å². The van der Waals surface area contributed by atoms with Gasteiger partial charge in [0.25, 0.3) is 0 Å². The average molecular weight is 296 g/mol. The van der Waals surface area contributed by atoms with Crippen molar-refractivity contribution in [2.45, 2.75) is 19.4 Å². The van der Waals surface area contributed by atoms with Gasteiger partial charge in [0.15, 0.2) is 0 Å². The van der Waals surface area contributed by atoms with Gasteiger partial charge in [-0.2, -0.15) is 0 Å². The lowest BCUT2D eigenvalue weighted by molar-refractivity contribution is 0.181. The average Bonchev–Trinajstić information content (AvgIpc) is 3.00. The molecule has 3 rings (SSSR count). The molecule has 0 spiro atoms. The Morgan fingerprint density at radius 3 is 2.45 bits per heavy atom. The molecule has 1 N–H and O–H groups in total. The lowest BCUT2D eigenvalue weighted by Crippen LogP contribution is -2.23. The van der Waals surface area contributed by atoms with Gasteiger partial charge in [-0.25, -0.2) is 4.79 Å². The number of anilines is 2. The fourth-order valence-electron chi connectivity index (χ4n) is 2.67. The van der Waals surface area contributed by atoms with Crippen LogP contribution >= 0.6 is 0 Å².